The van der Waals surface area contributed by atoms with Crippen LogP contribution in [0.2, 0.25) is 0 Å². The molecular formula is C64H77N6O10+. The molecule has 0 saturated heterocycles. The number of aryl methyl sites for hydroxylation is 3. The number of nitrogens with zero attached hydrogens (tertiary/aromatic N) is 4. The lowest BCUT2D eigenvalue weighted by atomic mass is 9.81. The molecule has 0 bridgehead atoms. The summed E-state index contributed by atoms with van der Waals surface area (Å²) in [5.41, 5.74) is 14.4. The van der Waals surface area contributed by atoms with E-state index in [2.05, 4.69) is 56.3 Å². The largest absolute Gasteiger partial charge is 0.491 e. The summed E-state index contributed by atoms with van der Waals surface area (Å²) in [6.07, 6.45) is 12.6. The third kappa shape index (κ3) is 12.1. The number of benzene rings is 4. The highest BCUT2D eigenvalue weighted by Gasteiger charge is 2.37. The second kappa shape index (κ2) is 25.3. The lowest BCUT2D eigenvalue weighted by molar-refractivity contribution is 0.00988. The Hall–Kier alpha value is -6.88. The van der Waals surface area contributed by atoms with Crippen LogP contribution in [0.4, 0.5) is 10.5 Å². The zero-order valence-electron chi connectivity index (χ0n) is 46.9. The van der Waals surface area contributed by atoms with E-state index in [4.69, 9.17) is 28.4 Å². The average Bonchev–Trinajstić information content (AvgIpc) is 3.64. The number of aromatic nitrogens is 2. The molecule has 0 fully saturated rings. The van der Waals surface area contributed by atoms with Gasteiger partial charge in [0.15, 0.2) is 0 Å². The SMILES string of the molecule is Cc1nnc(-c2ccc(OCCOCCOCCOCCNC(=O)c3ccc(C4=c5cc6c7c(c5Oc5c4cc4c8c5CCCN8CCC4)CCC[N+]=7CCC6)c(C(=O)O)c3)cc2)c2c1CCC(OC(=O)NCCC(C)C)CCC2. The van der Waals surface area contributed by atoms with Crippen molar-refractivity contribution in [1.29, 1.82) is 0 Å². The standard InChI is InChI=1S/C64H76N6O10/c1-40(2)23-24-66-64(74)79-47-11-4-12-50-48(22-20-47)41(3)67-68-57(50)42-15-18-46(19-16-42)78-36-35-77-34-33-76-32-31-75-30-25-65-62(71)45-17-21-49(53(39-45)63(72)73)56-54-37-43-9-5-26-69-28-7-13-51(58(43)69)60(54)80-61-52-14-8-29-70-27-6-10-44(59(52)70)38-55(56)61/h15-19,21,37-40,47H,4-14,20,22-36H2,1-3H3,(H2-,65,66,71,72,73,74)/p+1. The third-order valence-corrected chi connectivity index (χ3v) is 16.7. The monoisotopic (exact) mass is 1090 g/mol. The molecule has 0 radical (unpaired) electrons. The molecule has 6 heterocycles. The minimum Gasteiger partial charge on any atom is -0.491 e. The van der Waals surface area contributed by atoms with Crippen LogP contribution in [0.15, 0.2) is 54.6 Å². The van der Waals surface area contributed by atoms with Crippen LogP contribution >= 0.6 is 0 Å². The van der Waals surface area contributed by atoms with Crippen molar-refractivity contribution < 1.29 is 47.9 Å². The summed E-state index contributed by atoms with van der Waals surface area (Å²) in [4.78, 5) is 41.8. The lowest BCUT2D eigenvalue weighted by Crippen LogP contribution is -2.45. The van der Waals surface area contributed by atoms with Crippen molar-refractivity contribution in [2.24, 2.45) is 5.92 Å². The molecule has 3 N–H and O–H groups in total. The maximum absolute atomic E-state index is 13.6. The number of amides is 2. The molecule has 4 aromatic carbocycles. The number of carboxylic acid groups (broad SMARTS) is 1. The Morgan fingerprint density at radius 2 is 1.44 bits per heavy atom. The molecule has 1 aromatic heterocycles. The molecule has 1 unspecified atom stereocenters. The second-order valence-corrected chi connectivity index (χ2v) is 22.5. The molecule has 0 saturated carbocycles. The van der Waals surface area contributed by atoms with E-state index in [1.54, 1.807) is 6.07 Å². The van der Waals surface area contributed by atoms with Crippen LogP contribution in [0, 0.1) is 12.8 Å². The van der Waals surface area contributed by atoms with Gasteiger partial charge in [-0.15, -0.1) is 5.10 Å². The van der Waals surface area contributed by atoms with E-state index >= 15 is 0 Å². The molecule has 2 amide bonds. The van der Waals surface area contributed by atoms with Gasteiger partial charge in [-0.3, -0.25) is 4.79 Å². The van der Waals surface area contributed by atoms with Gasteiger partial charge < -0.3 is 49.1 Å². The molecular weight excluding hydrogens is 1010 g/mol. The Bertz CT molecular complexity index is 3260. The predicted octanol–water partition coefficient (Wildman–Crippen LogP) is 7.85. The first-order valence-corrected chi connectivity index (χ1v) is 29.4. The minimum atomic E-state index is -1.08. The number of carbonyl (C=O) groups is 3. The molecule has 16 nitrogen and oxygen atoms in total. The van der Waals surface area contributed by atoms with Crippen molar-refractivity contribution in [3.8, 4) is 28.5 Å². The summed E-state index contributed by atoms with van der Waals surface area (Å²) in [5.74, 6) is 1.54. The van der Waals surface area contributed by atoms with Crippen molar-refractivity contribution in [3.05, 3.63) is 127 Å². The molecule has 1 atom stereocenters. The summed E-state index contributed by atoms with van der Waals surface area (Å²) in [6.45, 7) is 13.9. The zero-order chi connectivity index (χ0) is 55.1. The smallest absolute Gasteiger partial charge is 0.407 e. The molecule has 11 rings (SSSR count). The molecule has 1 aliphatic carbocycles. The van der Waals surface area contributed by atoms with Gasteiger partial charge in [0.05, 0.1) is 62.2 Å². The van der Waals surface area contributed by atoms with Gasteiger partial charge in [-0.05, 0) is 161 Å². The summed E-state index contributed by atoms with van der Waals surface area (Å²) in [7, 11) is 0. The van der Waals surface area contributed by atoms with Gasteiger partial charge >= 0.3 is 12.1 Å². The number of alkyl carbamates (subject to hydrolysis) is 1. The molecule has 0 spiro atoms. The Morgan fingerprint density at radius 1 is 0.713 bits per heavy atom. The van der Waals surface area contributed by atoms with Crippen LogP contribution in [-0.2, 0) is 57.5 Å². The van der Waals surface area contributed by atoms with Crippen LogP contribution in [0.1, 0.15) is 136 Å². The maximum atomic E-state index is 13.6. The fourth-order valence-corrected chi connectivity index (χ4v) is 12.9. The Labute approximate surface area is 468 Å². The normalized spacial score (nSPS) is 16.9. The quantitative estimate of drug-likeness (QED) is 0.0469. The number of rotatable bonds is 21. The third-order valence-electron chi connectivity index (χ3n) is 16.7. The highest BCUT2D eigenvalue weighted by Crippen LogP contribution is 2.49. The Balaban J connectivity index is 0.628. The van der Waals surface area contributed by atoms with Crippen LogP contribution in [0.5, 0.6) is 17.2 Å². The molecule has 5 aromatic rings. The van der Waals surface area contributed by atoms with Crippen molar-refractivity contribution in [2.45, 2.75) is 117 Å². The van der Waals surface area contributed by atoms with Gasteiger partial charge in [0, 0.05) is 83.3 Å². The van der Waals surface area contributed by atoms with Crippen molar-refractivity contribution in [2.75, 3.05) is 90.4 Å². The van der Waals surface area contributed by atoms with E-state index in [1.165, 1.54) is 50.5 Å². The fourth-order valence-electron chi connectivity index (χ4n) is 12.9. The highest BCUT2D eigenvalue weighted by atomic mass is 16.6. The van der Waals surface area contributed by atoms with E-state index in [-0.39, 0.29) is 42.4 Å². The predicted molar refractivity (Wildman–Crippen MR) is 305 cm³/mol. The van der Waals surface area contributed by atoms with Gasteiger partial charge in [-0.25, -0.2) is 14.2 Å². The molecule has 422 valence electrons. The summed E-state index contributed by atoms with van der Waals surface area (Å²) < 4.78 is 38.7. The van der Waals surface area contributed by atoms with Crippen LogP contribution < -0.4 is 40.2 Å². The number of hydrogen-bond acceptors (Lipinski definition) is 12. The topological polar surface area (TPSA) is 183 Å². The molecule has 5 aliphatic heterocycles. The first-order chi connectivity index (χ1) is 39.1. The van der Waals surface area contributed by atoms with Crippen molar-refractivity contribution in [1.82, 2.24) is 25.4 Å². The summed E-state index contributed by atoms with van der Waals surface area (Å²) >= 11 is 0. The minimum absolute atomic E-state index is 0.0886. The van der Waals surface area contributed by atoms with E-state index in [0.29, 0.717) is 57.7 Å². The van der Waals surface area contributed by atoms with Crippen LogP contribution in [0.3, 0.4) is 0 Å². The highest BCUT2D eigenvalue weighted by molar-refractivity contribution is 6.03. The number of nitrogens with one attached hydrogen (secondary N) is 2. The molecule has 6 aliphatic rings. The number of fused-ring (bicyclic) bond motifs is 5. The number of carboxylic acids is 1. The van der Waals surface area contributed by atoms with E-state index in [9.17, 15) is 19.5 Å². The van der Waals surface area contributed by atoms with E-state index in [1.807, 2.05) is 37.3 Å². The van der Waals surface area contributed by atoms with Crippen molar-refractivity contribution >= 4 is 29.2 Å². The first-order valence-electron chi connectivity index (χ1n) is 29.4. The van der Waals surface area contributed by atoms with Gasteiger partial charge in [-0.1, -0.05) is 19.9 Å². The Kier molecular flexibility index (Phi) is 17.4. The van der Waals surface area contributed by atoms with Gasteiger partial charge in [0.1, 0.15) is 43.0 Å². The number of hydrogen-bond donors (Lipinski definition) is 3. The number of anilines is 1. The molecule has 80 heavy (non-hydrogen) atoms. The first kappa shape index (κ1) is 55.0. The fraction of sp³-hybridized carbons (Fsp3) is 0.500. The number of ether oxygens (including phenoxy) is 6. The second-order valence-electron chi connectivity index (χ2n) is 22.5. The van der Waals surface area contributed by atoms with Gasteiger partial charge in [0.2, 0.25) is 5.36 Å². The van der Waals surface area contributed by atoms with E-state index in [0.717, 1.165) is 167 Å². The average molecular weight is 1090 g/mol. The molecule has 16 heteroatoms. The lowest BCUT2D eigenvalue weighted by Gasteiger charge is -2.39. The number of aromatic carboxylic acids is 1. The van der Waals surface area contributed by atoms with Gasteiger partial charge in [-0.2, -0.15) is 5.10 Å². The maximum Gasteiger partial charge on any atom is 0.407 e. The van der Waals surface area contributed by atoms with Crippen molar-refractivity contribution in [3.63, 3.8) is 0 Å². The number of carbonyl (C=O) groups excluding carboxylic acids is 2. The zero-order valence-corrected chi connectivity index (χ0v) is 46.9. The van der Waals surface area contributed by atoms with Crippen LogP contribution in [0.25, 0.3) is 16.8 Å². The Morgan fingerprint density at radius 3 is 2.23 bits per heavy atom. The van der Waals surface area contributed by atoms with Gasteiger partial charge in [0.25, 0.3) is 5.91 Å². The van der Waals surface area contributed by atoms with Crippen LogP contribution in [-0.4, -0.2) is 125 Å². The summed E-state index contributed by atoms with van der Waals surface area (Å²) in [5, 5.41) is 28.1. The van der Waals surface area contributed by atoms with E-state index < -0.39 is 5.97 Å². The summed E-state index contributed by atoms with van der Waals surface area (Å²) in [6, 6.07) is 17.6.